The Bertz CT molecular complexity index is 507. The molecule has 4 heteroatoms. The number of likely N-dealkylation sites (N-methyl/N-ethyl adjacent to an activating group) is 1. The summed E-state index contributed by atoms with van der Waals surface area (Å²) in [5.41, 5.74) is 1.19. The highest BCUT2D eigenvalue weighted by Crippen LogP contribution is 2.42. The van der Waals surface area contributed by atoms with E-state index in [4.69, 9.17) is 4.43 Å². The number of hydrogen-bond donors (Lipinski definition) is 1. The summed E-state index contributed by atoms with van der Waals surface area (Å²) in [7, 11) is 0.347. The molecule has 0 bridgehead atoms. The maximum Gasteiger partial charge on any atom is 0.192 e. The van der Waals surface area contributed by atoms with Gasteiger partial charge in [-0.05, 0) is 62.3 Å². The molecule has 3 nitrogen and oxygen atoms in total. The van der Waals surface area contributed by atoms with Crippen LogP contribution in [-0.4, -0.2) is 38.0 Å². The number of phenolic OH excluding ortho intramolecular Hbond substituents is 1. The summed E-state index contributed by atoms with van der Waals surface area (Å²) < 4.78 is 6.85. The van der Waals surface area contributed by atoms with E-state index in [0.29, 0.717) is 11.8 Å². The number of aromatic hydroxyl groups is 1. The molecule has 1 aliphatic heterocycles. The van der Waals surface area contributed by atoms with Crippen LogP contribution in [-0.2, 0) is 4.43 Å². The molecule has 0 saturated carbocycles. The fourth-order valence-corrected chi connectivity index (χ4v) is 4.29. The molecule has 23 heavy (non-hydrogen) atoms. The number of phenols is 1. The first-order valence-electron chi connectivity index (χ1n) is 8.79. The zero-order valence-corrected chi connectivity index (χ0v) is 16.6. The average Bonchev–Trinajstić information content (AvgIpc) is 2.45. The number of piperidine rings is 1. The molecule has 1 fully saturated rings. The zero-order chi connectivity index (χ0) is 17.3. The number of likely N-dealkylation sites (tertiary alicyclic amines) is 1. The van der Waals surface area contributed by atoms with Gasteiger partial charge in [-0.2, -0.15) is 0 Å². The van der Waals surface area contributed by atoms with Crippen molar-refractivity contribution in [2.24, 2.45) is 0 Å². The van der Waals surface area contributed by atoms with Gasteiger partial charge in [0.05, 0.1) is 6.10 Å². The third-order valence-corrected chi connectivity index (χ3v) is 10.1. The van der Waals surface area contributed by atoms with E-state index in [1.165, 1.54) is 24.8 Å². The molecule has 0 aromatic heterocycles. The molecule has 1 saturated heterocycles. The molecule has 1 aliphatic rings. The largest absolute Gasteiger partial charge is 0.508 e. The van der Waals surface area contributed by atoms with Crippen molar-refractivity contribution >= 4 is 8.32 Å². The van der Waals surface area contributed by atoms with Crippen molar-refractivity contribution in [3.63, 3.8) is 0 Å². The highest BCUT2D eigenvalue weighted by molar-refractivity contribution is 6.74. The Labute approximate surface area is 142 Å². The molecule has 1 heterocycles. The average molecular weight is 336 g/mol. The van der Waals surface area contributed by atoms with Crippen molar-refractivity contribution in [2.45, 2.75) is 70.3 Å². The van der Waals surface area contributed by atoms with Crippen molar-refractivity contribution in [3.8, 4) is 5.75 Å². The third-order valence-electron chi connectivity index (χ3n) is 5.63. The van der Waals surface area contributed by atoms with Crippen LogP contribution in [0, 0.1) is 0 Å². The third kappa shape index (κ3) is 4.37. The van der Waals surface area contributed by atoms with Crippen LogP contribution in [0.15, 0.2) is 24.3 Å². The predicted octanol–water partition coefficient (Wildman–Crippen LogP) is 4.94. The minimum absolute atomic E-state index is 0.0850. The number of rotatable bonds is 4. The molecule has 0 spiro atoms. The lowest BCUT2D eigenvalue weighted by molar-refractivity contribution is 0.0477. The van der Waals surface area contributed by atoms with Gasteiger partial charge in [0.2, 0.25) is 0 Å². The normalized spacial score (nSPS) is 22.1. The highest BCUT2D eigenvalue weighted by atomic mass is 28.4. The Morgan fingerprint density at radius 1 is 1.17 bits per heavy atom. The van der Waals surface area contributed by atoms with E-state index in [-0.39, 0.29) is 11.1 Å². The van der Waals surface area contributed by atoms with Gasteiger partial charge < -0.3 is 14.4 Å². The van der Waals surface area contributed by atoms with E-state index in [0.717, 1.165) is 6.54 Å². The van der Waals surface area contributed by atoms with Gasteiger partial charge >= 0.3 is 0 Å². The van der Waals surface area contributed by atoms with Gasteiger partial charge in [-0.1, -0.05) is 39.3 Å². The van der Waals surface area contributed by atoms with Gasteiger partial charge in [0, 0.05) is 6.04 Å². The van der Waals surface area contributed by atoms with E-state index in [9.17, 15) is 5.11 Å². The van der Waals surface area contributed by atoms with E-state index in [2.05, 4.69) is 45.8 Å². The van der Waals surface area contributed by atoms with Crippen molar-refractivity contribution in [1.29, 1.82) is 0 Å². The molecular formula is C19H33NO2Si. The second-order valence-corrected chi connectivity index (χ2v) is 13.2. The fraction of sp³-hybridized carbons (Fsp3) is 0.684. The maximum atomic E-state index is 9.62. The standard InChI is InChI=1S/C19H33NO2Si/c1-19(2,3)23(5,6)22-18(15-10-12-16(21)13-11-15)17-9-7-8-14-20(17)4/h10-13,17-18,21H,7-9,14H2,1-6H3. The van der Waals surface area contributed by atoms with E-state index >= 15 is 0 Å². The first kappa shape index (κ1) is 18.5. The lowest BCUT2D eigenvalue weighted by atomic mass is 9.93. The number of nitrogens with zero attached hydrogens (tertiary/aromatic N) is 1. The number of hydrogen-bond acceptors (Lipinski definition) is 3. The van der Waals surface area contributed by atoms with Crippen molar-refractivity contribution < 1.29 is 9.53 Å². The van der Waals surface area contributed by atoms with Crippen molar-refractivity contribution in [1.82, 2.24) is 4.90 Å². The van der Waals surface area contributed by atoms with Crippen LogP contribution in [0.4, 0.5) is 0 Å². The second-order valence-electron chi connectivity index (χ2n) is 8.43. The van der Waals surface area contributed by atoms with Crippen LogP contribution in [0.1, 0.15) is 51.7 Å². The van der Waals surface area contributed by atoms with Crippen LogP contribution < -0.4 is 0 Å². The molecular weight excluding hydrogens is 302 g/mol. The predicted molar refractivity (Wildman–Crippen MR) is 99.4 cm³/mol. The molecule has 1 aromatic rings. The fourth-order valence-electron chi connectivity index (χ4n) is 3.01. The topological polar surface area (TPSA) is 32.7 Å². The first-order valence-corrected chi connectivity index (χ1v) is 11.7. The molecule has 2 rings (SSSR count). The zero-order valence-electron chi connectivity index (χ0n) is 15.6. The lowest BCUT2D eigenvalue weighted by Gasteiger charge is -2.45. The molecule has 0 aliphatic carbocycles. The molecule has 2 atom stereocenters. The SMILES string of the molecule is CN1CCCCC1C(O[Si](C)(C)C(C)(C)C)c1ccc(O)cc1. The Hall–Kier alpha value is -0.843. The highest BCUT2D eigenvalue weighted by Gasteiger charge is 2.42. The van der Waals surface area contributed by atoms with Crippen LogP contribution in [0.25, 0.3) is 0 Å². The summed E-state index contributed by atoms with van der Waals surface area (Å²) in [5, 5.41) is 9.81. The van der Waals surface area contributed by atoms with Crippen LogP contribution in [0.3, 0.4) is 0 Å². The molecule has 1 N–H and O–H groups in total. The van der Waals surface area contributed by atoms with E-state index in [1.807, 2.05) is 12.1 Å². The molecule has 1 aromatic carbocycles. The van der Waals surface area contributed by atoms with Crippen molar-refractivity contribution in [2.75, 3.05) is 13.6 Å². The summed E-state index contributed by atoms with van der Waals surface area (Å²) in [5.74, 6) is 0.317. The van der Waals surface area contributed by atoms with E-state index in [1.54, 1.807) is 12.1 Å². The van der Waals surface area contributed by atoms with Crippen LogP contribution in [0.5, 0.6) is 5.75 Å². The molecule has 0 radical (unpaired) electrons. The van der Waals surface area contributed by atoms with Gasteiger partial charge in [0.25, 0.3) is 0 Å². The summed E-state index contributed by atoms with van der Waals surface area (Å²) in [6.45, 7) is 12.7. The minimum atomic E-state index is -1.87. The summed E-state index contributed by atoms with van der Waals surface area (Å²) in [4.78, 5) is 2.45. The number of benzene rings is 1. The second kappa shape index (κ2) is 6.95. The summed E-state index contributed by atoms with van der Waals surface area (Å²) >= 11 is 0. The minimum Gasteiger partial charge on any atom is -0.508 e. The van der Waals surface area contributed by atoms with Crippen molar-refractivity contribution in [3.05, 3.63) is 29.8 Å². The van der Waals surface area contributed by atoms with Crippen LogP contribution in [0.2, 0.25) is 18.1 Å². The Morgan fingerprint density at radius 3 is 2.30 bits per heavy atom. The van der Waals surface area contributed by atoms with Gasteiger partial charge in [-0.15, -0.1) is 0 Å². The Balaban J connectivity index is 2.33. The summed E-state index contributed by atoms with van der Waals surface area (Å²) in [6, 6.07) is 8.02. The quantitative estimate of drug-likeness (QED) is 0.791. The molecule has 130 valence electrons. The van der Waals surface area contributed by atoms with E-state index < -0.39 is 8.32 Å². The monoisotopic (exact) mass is 335 g/mol. The molecule has 2 unspecified atom stereocenters. The first-order chi connectivity index (χ1) is 10.6. The van der Waals surface area contributed by atoms with Gasteiger partial charge in [-0.3, -0.25) is 0 Å². The summed E-state index contributed by atoms with van der Waals surface area (Å²) in [6.07, 6.45) is 3.80. The maximum absolute atomic E-state index is 9.62. The van der Waals surface area contributed by atoms with Gasteiger partial charge in [0.1, 0.15) is 5.75 Å². The Morgan fingerprint density at radius 2 is 1.78 bits per heavy atom. The van der Waals surface area contributed by atoms with Gasteiger partial charge in [0.15, 0.2) is 8.32 Å². The molecule has 0 amide bonds. The van der Waals surface area contributed by atoms with Gasteiger partial charge in [-0.25, -0.2) is 0 Å². The smallest absolute Gasteiger partial charge is 0.192 e. The van der Waals surface area contributed by atoms with Crippen LogP contribution >= 0.6 is 0 Å². The Kier molecular flexibility index (Phi) is 5.59. The lowest BCUT2D eigenvalue weighted by Crippen LogP contribution is -2.48.